The number of carbonyl (C=O) groups is 1. The number of nitrogens with one attached hydrogen (secondary N) is 2. The van der Waals surface area contributed by atoms with Gasteiger partial charge in [-0.15, -0.1) is 22.7 Å². The van der Waals surface area contributed by atoms with Crippen molar-refractivity contribution in [1.29, 1.82) is 0 Å². The molecule has 2 aromatic heterocycles. The van der Waals surface area contributed by atoms with E-state index in [1.54, 1.807) is 22.7 Å². The first-order valence-corrected chi connectivity index (χ1v) is 10.5. The highest BCUT2D eigenvalue weighted by Gasteiger charge is 2.25. The molecule has 136 valence electrons. The lowest BCUT2D eigenvalue weighted by atomic mass is 9.85. The van der Waals surface area contributed by atoms with E-state index in [1.165, 1.54) is 9.75 Å². The number of nitrogens with zero attached hydrogens (tertiary/aromatic N) is 1. The Kier molecular flexibility index (Phi) is 6.45. The van der Waals surface area contributed by atoms with Crippen molar-refractivity contribution in [2.75, 3.05) is 13.2 Å². The second-order valence-electron chi connectivity index (χ2n) is 6.50. The summed E-state index contributed by atoms with van der Waals surface area (Å²) in [6, 6.07) is 4.18. The lowest BCUT2D eigenvalue weighted by Gasteiger charge is -2.30. The van der Waals surface area contributed by atoms with E-state index in [0.717, 1.165) is 42.8 Å². The summed E-state index contributed by atoms with van der Waals surface area (Å²) in [6.07, 6.45) is 5.03. The smallest absolute Gasteiger partial charge is 0.315 e. The number of aryl methyl sites for hydroxylation is 1. The zero-order chi connectivity index (χ0) is 17.6. The molecule has 2 amide bonds. The summed E-state index contributed by atoms with van der Waals surface area (Å²) in [5, 5.41) is 18.5. The first-order valence-electron chi connectivity index (χ1n) is 8.82. The van der Waals surface area contributed by atoms with Gasteiger partial charge in [-0.2, -0.15) is 0 Å². The fourth-order valence-electron chi connectivity index (χ4n) is 3.26. The van der Waals surface area contributed by atoms with Gasteiger partial charge < -0.3 is 15.7 Å². The Bertz CT molecular complexity index is 698. The van der Waals surface area contributed by atoms with Gasteiger partial charge in [-0.1, -0.05) is 12.8 Å². The monoisotopic (exact) mass is 379 g/mol. The molecule has 0 spiro atoms. The van der Waals surface area contributed by atoms with Crippen LogP contribution in [0.4, 0.5) is 4.79 Å². The van der Waals surface area contributed by atoms with Crippen molar-refractivity contribution in [3.63, 3.8) is 0 Å². The largest absolute Gasteiger partial charge is 0.396 e. The third-order valence-electron chi connectivity index (χ3n) is 4.65. The molecular weight excluding hydrogens is 354 g/mol. The van der Waals surface area contributed by atoms with Gasteiger partial charge in [0.15, 0.2) is 0 Å². The van der Waals surface area contributed by atoms with Crippen molar-refractivity contribution in [1.82, 2.24) is 15.6 Å². The highest BCUT2D eigenvalue weighted by atomic mass is 32.1. The normalized spacial score (nSPS) is 20.4. The lowest BCUT2D eigenvalue weighted by Crippen LogP contribution is -2.48. The summed E-state index contributed by atoms with van der Waals surface area (Å²) in [7, 11) is 0. The van der Waals surface area contributed by atoms with Crippen LogP contribution in [-0.2, 0) is 6.42 Å². The van der Waals surface area contributed by atoms with Crippen molar-refractivity contribution in [3.05, 3.63) is 27.4 Å². The van der Waals surface area contributed by atoms with E-state index in [9.17, 15) is 9.90 Å². The number of carbonyl (C=O) groups excluding carboxylic acids is 1. The van der Waals surface area contributed by atoms with Crippen LogP contribution in [0.25, 0.3) is 10.6 Å². The minimum atomic E-state index is -0.128. The van der Waals surface area contributed by atoms with Crippen LogP contribution in [0.15, 0.2) is 17.5 Å². The molecule has 0 aliphatic heterocycles. The molecule has 3 N–H and O–H groups in total. The SMILES string of the molecule is Cc1nc(-c2ccc(CCNC(=O)NC3CCCCC3CO)s2)cs1. The van der Waals surface area contributed by atoms with E-state index < -0.39 is 0 Å². The minimum Gasteiger partial charge on any atom is -0.396 e. The lowest BCUT2D eigenvalue weighted by molar-refractivity contribution is 0.154. The molecule has 0 bridgehead atoms. The van der Waals surface area contributed by atoms with Gasteiger partial charge in [-0.25, -0.2) is 9.78 Å². The number of hydrogen-bond donors (Lipinski definition) is 3. The van der Waals surface area contributed by atoms with E-state index >= 15 is 0 Å². The van der Waals surface area contributed by atoms with Gasteiger partial charge in [0.1, 0.15) is 0 Å². The fourth-order valence-corrected chi connectivity index (χ4v) is 4.92. The number of aromatic nitrogens is 1. The third kappa shape index (κ3) is 5.03. The second-order valence-corrected chi connectivity index (χ2v) is 8.73. The molecule has 5 nitrogen and oxygen atoms in total. The van der Waals surface area contributed by atoms with Crippen LogP contribution < -0.4 is 10.6 Å². The fraction of sp³-hybridized carbons (Fsp3) is 0.556. The first kappa shape index (κ1) is 18.4. The van der Waals surface area contributed by atoms with E-state index in [-0.39, 0.29) is 24.6 Å². The molecule has 0 aromatic carbocycles. The van der Waals surface area contributed by atoms with Crippen LogP contribution in [0.3, 0.4) is 0 Å². The maximum Gasteiger partial charge on any atom is 0.315 e. The van der Waals surface area contributed by atoms with Crippen molar-refractivity contribution >= 4 is 28.7 Å². The molecular formula is C18H25N3O2S2. The van der Waals surface area contributed by atoms with Crippen molar-refractivity contribution in [3.8, 4) is 10.6 Å². The predicted octanol–water partition coefficient (Wildman–Crippen LogP) is 3.57. The Hall–Kier alpha value is -1.44. The number of amides is 2. The average molecular weight is 380 g/mol. The van der Waals surface area contributed by atoms with Gasteiger partial charge in [-0.3, -0.25) is 0 Å². The highest BCUT2D eigenvalue weighted by Crippen LogP contribution is 2.29. The maximum atomic E-state index is 12.1. The van der Waals surface area contributed by atoms with Gasteiger partial charge in [0, 0.05) is 35.4 Å². The Morgan fingerprint density at radius 2 is 2.20 bits per heavy atom. The van der Waals surface area contributed by atoms with Crippen LogP contribution in [0.5, 0.6) is 0 Å². The van der Waals surface area contributed by atoms with Crippen molar-refractivity contribution in [2.24, 2.45) is 5.92 Å². The van der Waals surface area contributed by atoms with E-state index in [0.29, 0.717) is 6.54 Å². The molecule has 0 saturated heterocycles. The average Bonchev–Trinajstić information content (AvgIpc) is 3.24. The molecule has 2 aromatic rings. The van der Waals surface area contributed by atoms with Gasteiger partial charge >= 0.3 is 6.03 Å². The van der Waals surface area contributed by atoms with Crippen LogP contribution in [0.2, 0.25) is 0 Å². The van der Waals surface area contributed by atoms with Gasteiger partial charge in [0.2, 0.25) is 0 Å². The summed E-state index contributed by atoms with van der Waals surface area (Å²) >= 11 is 3.39. The van der Waals surface area contributed by atoms with Gasteiger partial charge in [0.05, 0.1) is 15.6 Å². The second kappa shape index (κ2) is 8.78. The van der Waals surface area contributed by atoms with E-state index in [2.05, 4.69) is 33.1 Å². The van der Waals surface area contributed by atoms with Crippen molar-refractivity contribution in [2.45, 2.75) is 45.1 Å². The number of aliphatic hydroxyl groups excluding tert-OH is 1. The highest BCUT2D eigenvalue weighted by molar-refractivity contribution is 7.16. The molecule has 2 heterocycles. The number of urea groups is 1. The van der Waals surface area contributed by atoms with Crippen LogP contribution >= 0.6 is 22.7 Å². The predicted molar refractivity (Wildman–Crippen MR) is 103 cm³/mol. The molecule has 3 rings (SSSR count). The summed E-state index contributed by atoms with van der Waals surface area (Å²) in [5.74, 6) is 0.195. The molecule has 1 fully saturated rings. The Balaban J connectivity index is 1.43. The van der Waals surface area contributed by atoms with Gasteiger partial charge in [0.25, 0.3) is 0 Å². The van der Waals surface area contributed by atoms with E-state index in [1.807, 2.05) is 6.92 Å². The van der Waals surface area contributed by atoms with Crippen LogP contribution in [-0.4, -0.2) is 35.3 Å². The third-order valence-corrected chi connectivity index (χ3v) is 6.59. The zero-order valence-corrected chi connectivity index (χ0v) is 16.1. The van der Waals surface area contributed by atoms with Crippen LogP contribution in [0.1, 0.15) is 35.6 Å². The molecule has 0 radical (unpaired) electrons. The molecule has 2 atom stereocenters. The summed E-state index contributed by atoms with van der Waals surface area (Å²) in [5.41, 5.74) is 1.04. The Labute approximate surface area is 156 Å². The number of hydrogen-bond acceptors (Lipinski definition) is 5. The molecule has 1 aliphatic rings. The maximum absolute atomic E-state index is 12.1. The molecule has 2 unspecified atom stereocenters. The molecule has 7 heteroatoms. The Morgan fingerprint density at radius 3 is 2.96 bits per heavy atom. The zero-order valence-electron chi connectivity index (χ0n) is 14.5. The number of thiazole rings is 1. The molecule has 25 heavy (non-hydrogen) atoms. The summed E-state index contributed by atoms with van der Waals surface area (Å²) in [4.78, 5) is 19.0. The quantitative estimate of drug-likeness (QED) is 0.718. The van der Waals surface area contributed by atoms with Gasteiger partial charge in [-0.05, 0) is 38.3 Å². The first-order chi connectivity index (χ1) is 12.2. The standard InChI is InChI=1S/C18H25N3O2S2/c1-12-20-16(11-24-12)17-7-6-14(25-17)8-9-19-18(23)21-15-5-3-2-4-13(15)10-22/h6-7,11,13,15,22H,2-5,8-10H2,1H3,(H2,19,21,23). The number of rotatable bonds is 6. The summed E-state index contributed by atoms with van der Waals surface area (Å²) < 4.78 is 0. The minimum absolute atomic E-state index is 0.0972. The number of aliphatic hydroxyl groups is 1. The number of thiophene rings is 1. The molecule has 1 saturated carbocycles. The topological polar surface area (TPSA) is 74.2 Å². The molecule has 1 aliphatic carbocycles. The van der Waals surface area contributed by atoms with Crippen molar-refractivity contribution < 1.29 is 9.90 Å². The Morgan fingerprint density at radius 1 is 1.36 bits per heavy atom. The summed E-state index contributed by atoms with van der Waals surface area (Å²) in [6.45, 7) is 2.77. The van der Waals surface area contributed by atoms with Crippen LogP contribution in [0, 0.1) is 12.8 Å². The van der Waals surface area contributed by atoms with E-state index in [4.69, 9.17) is 0 Å².